The molecule has 1 rings (SSSR count). The molecule has 1 aromatic rings. The van der Waals surface area contributed by atoms with Crippen molar-refractivity contribution in [1.29, 1.82) is 0 Å². The van der Waals surface area contributed by atoms with Gasteiger partial charge < -0.3 is 11.1 Å². The van der Waals surface area contributed by atoms with Gasteiger partial charge in [0.25, 0.3) is 5.91 Å². The van der Waals surface area contributed by atoms with E-state index < -0.39 is 0 Å². The third kappa shape index (κ3) is 3.13. The molecule has 1 amide bonds. The largest absolute Gasteiger partial charge is 0.398 e. The minimum Gasteiger partial charge on any atom is -0.398 e. The summed E-state index contributed by atoms with van der Waals surface area (Å²) >= 11 is 6.00. The van der Waals surface area contributed by atoms with E-state index in [0.29, 0.717) is 16.3 Å². The predicted octanol–water partition coefficient (Wildman–Crippen LogP) is 3.23. The summed E-state index contributed by atoms with van der Waals surface area (Å²) in [5.41, 5.74) is 6.33. The minimum absolute atomic E-state index is 0.209. The van der Waals surface area contributed by atoms with Gasteiger partial charge >= 0.3 is 0 Å². The Kier molecular flexibility index (Phi) is 4.40. The molecular formula is C13H19ClN2O. The van der Waals surface area contributed by atoms with Crippen molar-refractivity contribution in [2.45, 2.75) is 39.2 Å². The van der Waals surface area contributed by atoms with E-state index in [1.165, 1.54) is 0 Å². The molecule has 1 aromatic carbocycles. The van der Waals surface area contributed by atoms with Crippen LogP contribution >= 0.6 is 11.6 Å². The van der Waals surface area contributed by atoms with Gasteiger partial charge in [-0.15, -0.1) is 0 Å². The molecule has 0 spiro atoms. The number of halogens is 1. The van der Waals surface area contributed by atoms with Crippen molar-refractivity contribution in [1.82, 2.24) is 5.32 Å². The lowest BCUT2D eigenvalue weighted by atomic mass is 9.95. The van der Waals surface area contributed by atoms with E-state index in [-0.39, 0.29) is 11.4 Å². The maximum atomic E-state index is 12.1. The number of rotatable bonds is 4. The van der Waals surface area contributed by atoms with Crippen molar-refractivity contribution < 1.29 is 4.79 Å². The van der Waals surface area contributed by atoms with E-state index in [4.69, 9.17) is 17.3 Å². The summed E-state index contributed by atoms with van der Waals surface area (Å²) in [7, 11) is 0. The Labute approximate surface area is 107 Å². The highest BCUT2D eigenvalue weighted by molar-refractivity contribution is 6.34. The van der Waals surface area contributed by atoms with Crippen LogP contribution in [0.5, 0.6) is 0 Å². The molecular weight excluding hydrogens is 236 g/mol. The Morgan fingerprint density at radius 2 is 2.00 bits per heavy atom. The van der Waals surface area contributed by atoms with Gasteiger partial charge in [0.1, 0.15) is 0 Å². The lowest BCUT2D eigenvalue weighted by molar-refractivity contribution is 0.0902. The van der Waals surface area contributed by atoms with Gasteiger partial charge in [-0.3, -0.25) is 4.79 Å². The molecule has 0 atom stereocenters. The fourth-order valence-electron chi connectivity index (χ4n) is 1.54. The molecule has 0 fully saturated rings. The molecule has 0 saturated carbocycles. The molecule has 0 saturated heterocycles. The Balaban J connectivity index is 2.98. The van der Waals surface area contributed by atoms with Crippen molar-refractivity contribution in [3.8, 4) is 0 Å². The first-order valence-electron chi connectivity index (χ1n) is 5.80. The monoisotopic (exact) mass is 254 g/mol. The average molecular weight is 255 g/mol. The third-order valence-corrected chi connectivity index (χ3v) is 3.56. The second-order valence-electron chi connectivity index (χ2n) is 4.43. The number of benzene rings is 1. The standard InChI is InChI=1S/C13H19ClN2O/c1-4-13(3,5-2)16-12(17)11-9(14)7-6-8-10(11)15/h6-8H,4-5,15H2,1-3H3,(H,16,17). The van der Waals surface area contributed by atoms with Crippen molar-refractivity contribution in [3.05, 3.63) is 28.8 Å². The van der Waals surface area contributed by atoms with Crippen molar-refractivity contribution in [3.63, 3.8) is 0 Å². The first-order valence-corrected chi connectivity index (χ1v) is 6.18. The van der Waals surface area contributed by atoms with E-state index >= 15 is 0 Å². The maximum absolute atomic E-state index is 12.1. The zero-order valence-corrected chi connectivity index (χ0v) is 11.3. The molecule has 3 N–H and O–H groups in total. The van der Waals surface area contributed by atoms with Gasteiger partial charge in [0, 0.05) is 11.2 Å². The highest BCUT2D eigenvalue weighted by atomic mass is 35.5. The van der Waals surface area contributed by atoms with Crippen molar-refractivity contribution in [2.75, 3.05) is 5.73 Å². The third-order valence-electron chi connectivity index (χ3n) is 3.25. The van der Waals surface area contributed by atoms with E-state index in [2.05, 4.69) is 5.32 Å². The zero-order valence-electron chi connectivity index (χ0n) is 10.5. The minimum atomic E-state index is -0.220. The Bertz CT molecular complexity index is 394. The normalized spacial score (nSPS) is 11.3. The quantitative estimate of drug-likeness (QED) is 0.811. The van der Waals surface area contributed by atoms with Gasteiger partial charge in [-0.1, -0.05) is 31.5 Å². The highest BCUT2D eigenvalue weighted by Crippen LogP contribution is 2.23. The van der Waals surface area contributed by atoms with Crippen molar-refractivity contribution in [2.24, 2.45) is 0 Å². The van der Waals surface area contributed by atoms with Crippen LogP contribution in [0, 0.1) is 0 Å². The van der Waals surface area contributed by atoms with Crippen LogP contribution in [0.2, 0.25) is 5.02 Å². The SMILES string of the molecule is CCC(C)(CC)NC(=O)c1c(N)cccc1Cl. The van der Waals surface area contributed by atoms with E-state index in [9.17, 15) is 4.79 Å². The first-order chi connectivity index (χ1) is 7.93. The van der Waals surface area contributed by atoms with Crippen LogP contribution in [0.3, 0.4) is 0 Å². The Hall–Kier alpha value is -1.22. The van der Waals surface area contributed by atoms with Crippen LogP contribution in [0.25, 0.3) is 0 Å². The molecule has 94 valence electrons. The molecule has 0 aromatic heterocycles. The van der Waals surface area contributed by atoms with E-state index in [1.807, 2.05) is 20.8 Å². The van der Waals surface area contributed by atoms with E-state index in [1.54, 1.807) is 18.2 Å². The van der Waals surface area contributed by atoms with Gasteiger partial charge in [0.05, 0.1) is 10.6 Å². The summed E-state index contributed by atoms with van der Waals surface area (Å²) in [6.07, 6.45) is 1.72. The number of amides is 1. The van der Waals surface area contributed by atoms with Gasteiger partial charge in [-0.2, -0.15) is 0 Å². The average Bonchev–Trinajstić information content (AvgIpc) is 2.28. The first kappa shape index (κ1) is 13.8. The summed E-state index contributed by atoms with van der Waals surface area (Å²) in [5, 5.41) is 3.37. The number of nitrogens with two attached hydrogens (primary N) is 1. The van der Waals surface area contributed by atoms with Gasteiger partial charge in [-0.25, -0.2) is 0 Å². The maximum Gasteiger partial charge on any atom is 0.255 e. The molecule has 0 aliphatic heterocycles. The number of hydrogen-bond donors (Lipinski definition) is 2. The van der Waals surface area contributed by atoms with Gasteiger partial charge in [-0.05, 0) is 31.9 Å². The van der Waals surface area contributed by atoms with Crippen LogP contribution in [0.4, 0.5) is 5.69 Å². The zero-order chi connectivity index (χ0) is 13.1. The van der Waals surface area contributed by atoms with Crippen LogP contribution in [0.1, 0.15) is 44.0 Å². The topological polar surface area (TPSA) is 55.1 Å². The highest BCUT2D eigenvalue weighted by Gasteiger charge is 2.24. The Morgan fingerprint density at radius 1 is 1.41 bits per heavy atom. The molecule has 0 radical (unpaired) electrons. The number of anilines is 1. The van der Waals surface area contributed by atoms with Crippen LogP contribution in [-0.2, 0) is 0 Å². The fraction of sp³-hybridized carbons (Fsp3) is 0.462. The van der Waals surface area contributed by atoms with E-state index in [0.717, 1.165) is 12.8 Å². The summed E-state index contributed by atoms with van der Waals surface area (Å²) in [5.74, 6) is -0.209. The van der Waals surface area contributed by atoms with Gasteiger partial charge in [0.15, 0.2) is 0 Å². The van der Waals surface area contributed by atoms with Crippen molar-refractivity contribution >= 4 is 23.2 Å². The Morgan fingerprint density at radius 3 is 2.47 bits per heavy atom. The summed E-state index contributed by atoms with van der Waals surface area (Å²) < 4.78 is 0. The lowest BCUT2D eigenvalue weighted by Crippen LogP contribution is -2.45. The number of nitrogen functional groups attached to an aromatic ring is 1. The molecule has 0 bridgehead atoms. The number of nitrogens with one attached hydrogen (secondary N) is 1. The molecule has 0 unspecified atom stereocenters. The second kappa shape index (κ2) is 5.41. The fourth-order valence-corrected chi connectivity index (χ4v) is 1.81. The number of carbonyl (C=O) groups is 1. The van der Waals surface area contributed by atoms with Crippen LogP contribution < -0.4 is 11.1 Å². The molecule has 0 aliphatic rings. The summed E-state index contributed by atoms with van der Waals surface area (Å²) in [6, 6.07) is 5.07. The molecule has 3 nitrogen and oxygen atoms in total. The molecule has 17 heavy (non-hydrogen) atoms. The van der Waals surface area contributed by atoms with Gasteiger partial charge in [0.2, 0.25) is 0 Å². The molecule has 0 aliphatic carbocycles. The van der Waals surface area contributed by atoms with Crippen LogP contribution in [0.15, 0.2) is 18.2 Å². The molecule has 4 heteroatoms. The second-order valence-corrected chi connectivity index (χ2v) is 4.83. The summed E-state index contributed by atoms with van der Waals surface area (Å²) in [4.78, 5) is 12.1. The smallest absolute Gasteiger partial charge is 0.255 e. The lowest BCUT2D eigenvalue weighted by Gasteiger charge is -2.28. The number of carbonyl (C=O) groups excluding carboxylic acids is 1. The summed E-state index contributed by atoms with van der Waals surface area (Å²) in [6.45, 7) is 6.09. The molecule has 0 heterocycles. The predicted molar refractivity (Wildman–Crippen MR) is 72.3 cm³/mol. The van der Waals surface area contributed by atoms with Crippen LogP contribution in [-0.4, -0.2) is 11.4 Å². The number of hydrogen-bond acceptors (Lipinski definition) is 2.